The Kier molecular flexibility index (Phi) is 2.95. The summed E-state index contributed by atoms with van der Waals surface area (Å²) in [6.07, 6.45) is 0.792. The Morgan fingerprint density at radius 1 is 1.25 bits per heavy atom. The molecule has 0 fully saturated rings. The Morgan fingerprint density at radius 3 is 2.75 bits per heavy atom. The highest BCUT2D eigenvalue weighted by molar-refractivity contribution is 5.93. The molecule has 0 radical (unpaired) electrons. The molecular weight excluding hydrogens is 256 g/mol. The lowest BCUT2D eigenvalue weighted by Crippen LogP contribution is -1.91. The molecule has 100 valence electrons. The molecule has 0 aliphatic rings. The first-order chi connectivity index (χ1) is 9.69. The zero-order valence-electron chi connectivity index (χ0n) is 10.9. The van der Waals surface area contributed by atoms with Crippen LogP contribution < -0.4 is 0 Å². The van der Waals surface area contributed by atoms with Gasteiger partial charge in [0.2, 0.25) is 0 Å². The molecule has 5 heteroatoms. The Balaban J connectivity index is 2.25. The molecule has 3 rings (SSSR count). The van der Waals surface area contributed by atoms with Crippen LogP contribution in [0.25, 0.3) is 22.2 Å². The van der Waals surface area contributed by atoms with E-state index in [0.29, 0.717) is 5.76 Å². The number of benzene rings is 1. The van der Waals surface area contributed by atoms with Gasteiger partial charge in [0, 0.05) is 16.6 Å². The summed E-state index contributed by atoms with van der Waals surface area (Å²) in [5.41, 5.74) is 2.62. The van der Waals surface area contributed by atoms with E-state index in [2.05, 4.69) is 4.98 Å². The van der Waals surface area contributed by atoms with Crippen LogP contribution in [0, 0.1) is 10.1 Å². The SMILES string of the molecule is CCc1cc(-c2ccc([N+](=O)[O-])o2)c2ccccc2n1. The van der Waals surface area contributed by atoms with Gasteiger partial charge < -0.3 is 4.42 Å². The predicted octanol–water partition coefficient (Wildman–Crippen LogP) is 3.97. The minimum absolute atomic E-state index is 0.251. The molecular formula is C15H12N2O3. The van der Waals surface area contributed by atoms with Crippen molar-refractivity contribution >= 4 is 16.8 Å². The van der Waals surface area contributed by atoms with Gasteiger partial charge in [-0.05, 0) is 24.6 Å². The molecule has 5 nitrogen and oxygen atoms in total. The number of nitrogens with zero attached hydrogens (tertiary/aromatic N) is 2. The van der Waals surface area contributed by atoms with Gasteiger partial charge in [-0.3, -0.25) is 15.1 Å². The van der Waals surface area contributed by atoms with Gasteiger partial charge in [-0.1, -0.05) is 25.1 Å². The molecule has 2 heterocycles. The summed E-state index contributed by atoms with van der Waals surface area (Å²) >= 11 is 0. The third-order valence-corrected chi connectivity index (χ3v) is 3.17. The fourth-order valence-electron chi connectivity index (χ4n) is 2.19. The zero-order chi connectivity index (χ0) is 14.1. The monoisotopic (exact) mass is 268 g/mol. The third kappa shape index (κ3) is 2.03. The molecule has 0 unspecified atom stereocenters. The zero-order valence-corrected chi connectivity index (χ0v) is 10.9. The fraction of sp³-hybridized carbons (Fsp3) is 0.133. The van der Waals surface area contributed by atoms with Crippen molar-refractivity contribution < 1.29 is 9.34 Å². The first-order valence-electron chi connectivity index (χ1n) is 6.32. The minimum atomic E-state index is -0.534. The van der Waals surface area contributed by atoms with Crippen molar-refractivity contribution in [2.75, 3.05) is 0 Å². The average molecular weight is 268 g/mol. The quantitative estimate of drug-likeness (QED) is 0.532. The predicted molar refractivity (Wildman–Crippen MR) is 75.5 cm³/mol. The van der Waals surface area contributed by atoms with Crippen molar-refractivity contribution in [2.45, 2.75) is 13.3 Å². The van der Waals surface area contributed by atoms with Crippen molar-refractivity contribution in [3.05, 3.63) is 58.3 Å². The molecule has 1 aromatic carbocycles. The van der Waals surface area contributed by atoms with E-state index in [-0.39, 0.29) is 5.88 Å². The number of furan rings is 1. The summed E-state index contributed by atoms with van der Waals surface area (Å²) in [6, 6.07) is 12.6. The first kappa shape index (κ1) is 12.3. The van der Waals surface area contributed by atoms with Crippen LogP contribution in [0.3, 0.4) is 0 Å². The maximum Gasteiger partial charge on any atom is 0.433 e. The number of hydrogen-bond acceptors (Lipinski definition) is 4. The molecule has 0 N–H and O–H groups in total. The first-order valence-corrected chi connectivity index (χ1v) is 6.32. The molecule has 2 aromatic heterocycles. The van der Waals surface area contributed by atoms with Crippen molar-refractivity contribution in [3.8, 4) is 11.3 Å². The van der Waals surface area contributed by atoms with E-state index < -0.39 is 4.92 Å². The number of fused-ring (bicyclic) bond motifs is 1. The lowest BCUT2D eigenvalue weighted by molar-refractivity contribution is -0.401. The normalized spacial score (nSPS) is 10.8. The second-order valence-corrected chi connectivity index (χ2v) is 4.43. The van der Waals surface area contributed by atoms with Crippen molar-refractivity contribution in [1.82, 2.24) is 4.98 Å². The van der Waals surface area contributed by atoms with Gasteiger partial charge in [-0.25, -0.2) is 0 Å². The molecule has 3 aromatic rings. The highest BCUT2D eigenvalue weighted by Crippen LogP contribution is 2.32. The number of aromatic nitrogens is 1. The summed E-state index contributed by atoms with van der Waals surface area (Å²) in [7, 11) is 0. The van der Waals surface area contributed by atoms with E-state index in [4.69, 9.17) is 4.42 Å². The Bertz CT molecular complexity index is 793. The van der Waals surface area contributed by atoms with Gasteiger partial charge in [0.1, 0.15) is 10.7 Å². The minimum Gasteiger partial charge on any atom is -0.401 e. The molecule has 0 bridgehead atoms. The molecule has 0 aliphatic heterocycles. The second-order valence-electron chi connectivity index (χ2n) is 4.43. The van der Waals surface area contributed by atoms with Crippen LogP contribution in [0.4, 0.5) is 5.88 Å². The van der Waals surface area contributed by atoms with Crippen molar-refractivity contribution in [3.63, 3.8) is 0 Å². The molecule has 0 amide bonds. The van der Waals surface area contributed by atoms with Crippen molar-refractivity contribution in [2.24, 2.45) is 0 Å². The number of aryl methyl sites for hydroxylation is 1. The molecule has 0 atom stereocenters. The molecule has 0 spiro atoms. The summed E-state index contributed by atoms with van der Waals surface area (Å²) < 4.78 is 5.31. The van der Waals surface area contributed by atoms with Crippen LogP contribution in [0.2, 0.25) is 0 Å². The van der Waals surface area contributed by atoms with E-state index in [1.54, 1.807) is 6.07 Å². The van der Waals surface area contributed by atoms with Gasteiger partial charge in [-0.15, -0.1) is 0 Å². The van der Waals surface area contributed by atoms with Crippen molar-refractivity contribution in [1.29, 1.82) is 0 Å². The van der Waals surface area contributed by atoms with Crippen LogP contribution in [-0.4, -0.2) is 9.91 Å². The Labute approximate surface area is 115 Å². The maximum atomic E-state index is 10.7. The van der Waals surface area contributed by atoms with E-state index in [1.807, 2.05) is 37.3 Å². The second kappa shape index (κ2) is 4.77. The van der Waals surface area contributed by atoms with E-state index >= 15 is 0 Å². The molecule has 20 heavy (non-hydrogen) atoms. The highest BCUT2D eigenvalue weighted by atomic mass is 16.6. The molecule has 0 saturated heterocycles. The van der Waals surface area contributed by atoms with Gasteiger partial charge in [0.05, 0.1) is 11.6 Å². The topological polar surface area (TPSA) is 69.2 Å². The van der Waals surface area contributed by atoms with E-state index in [9.17, 15) is 10.1 Å². The number of pyridine rings is 1. The summed E-state index contributed by atoms with van der Waals surface area (Å²) in [5, 5.41) is 11.7. The molecule has 0 aliphatic carbocycles. The lowest BCUT2D eigenvalue weighted by Gasteiger charge is -2.06. The number of para-hydroxylation sites is 1. The Hall–Kier alpha value is -2.69. The summed E-state index contributed by atoms with van der Waals surface area (Å²) in [5.74, 6) is 0.240. The van der Waals surface area contributed by atoms with Crippen LogP contribution in [-0.2, 0) is 6.42 Å². The van der Waals surface area contributed by atoms with Crippen LogP contribution in [0.5, 0.6) is 0 Å². The largest absolute Gasteiger partial charge is 0.433 e. The number of hydrogen-bond donors (Lipinski definition) is 0. The molecule has 0 saturated carbocycles. The number of nitro groups is 1. The van der Waals surface area contributed by atoms with Gasteiger partial charge in [0.25, 0.3) is 0 Å². The number of rotatable bonds is 3. The summed E-state index contributed by atoms with van der Waals surface area (Å²) in [6.45, 7) is 2.02. The maximum absolute atomic E-state index is 10.7. The standard InChI is InChI=1S/C15H12N2O3/c1-2-10-9-12(11-5-3-4-6-13(11)16-10)14-7-8-15(20-14)17(18)19/h3-9H,2H2,1H3. The smallest absolute Gasteiger partial charge is 0.401 e. The van der Waals surface area contributed by atoms with E-state index in [1.165, 1.54) is 6.07 Å². The average Bonchev–Trinajstić information content (AvgIpc) is 2.96. The fourth-order valence-corrected chi connectivity index (χ4v) is 2.19. The summed E-state index contributed by atoms with van der Waals surface area (Å²) in [4.78, 5) is 14.7. The van der Waals surface area contributed by atoms with Crippen LogP contribution in [0.15, 0.2) is 46.9 Å². The third-order valence-electron chi connectivity index (χ3n) is 3.17. The highest BCUT2D eigenvalue weighted by Gasteiger charge is 2.15. The Morgan fingerprint density at radius 2 is 2.05 bits per heavy atom. The van der Waals surface area contributed by atoms with Crippen LogP contribution in [0.1, 0.15) is 12.6 Å². The van der Waals surface area contributed by atoms with E-state index in [0.717, 1.165) is 28.6 Å². The van der Waals surface area contributed by atoms with Crippen LogP contribution >= 0.6 is 0 Å². The van der Waals surface area contributed by atoms with Gasteiger partial charge >= 0.3 is 5.88 Å². The lowest BCUT2D eigenvalue weighted by atomic mass is 10.0. The van der Waals surface area contributed by atoms with Gasteiger partial charge in [0.15, 0.2) is 0 Å². The van der Waals surface area contributed by atoms with Gasteiger partial charge in [-0.2, -0.15) is 0 Å².